The SMILES string of the molecule is COCc1cc(CN=C(N)NC(C)c2ccc(Cl)cc2Cl)ccc1F.I. The molecular weight excluding hydrogens is 491 g/mol. The lowest BCUT2D eigenvalue weighted by Crippen LogP contribution is -2.34. The standard InChI is InChI=1S/C18H20Cl2FN3O.HI/c1-11(15-5-4-14(19)8-16(15)20)24-18(22)23-9-12-3-6-17(21)13(7-12)10-25-2;/h3-8,11H,9-10H2,1-2H3,(H3,22,23,24);1H. The fourth-order valence-corrected chi connectivity index (χ4v) is 2.94. The van der Waals surface area contributed by atoms with Crippen LogP contribution < -0.4 is 11.1 Å². The van der Waals surface area contributed by atoms with Crippen LogP contribution in [-0.4, -0.2) is 13.1 Å². The van der Waals surface area contributed by atoms with Crippen LogP contribution in [0.1, 0.15) is 29.7 Å². The van der Waals surface area contributed by atoms with E-state index in [1.807, 2.05) is 13.0 Å². The first-order valence-corrected chi connectivity index (χ1v) is 8.44. The normalized spacial score (nSPS) is 12.4. The van der Waals surface area contributed by atoms with Gasteiger partial charge in [-0.2, -0.15) is 0 Å². The van der Waals surface area contributed by atoms with Crippen molar-refractivity contribution >= 4 is 53.1 Å². The highest BCUT2D eigenvalue weighted by atomic mass is 127. The maximum absolute atomic E-state index is 13.6. The zero-order chi connectivity index (χ0) is 18.4. The van der Waals surface area contributed by atoms with E-state index in [4.69, 9.17) is 33.7 Å². The van der Waals surface area contributed by atoms with Crippen molar-refractivity contribution in [2.24, 2.45) is 10.7 Å². The summed E-state index contributed by atoms with van der Waals surface area (Å²) in [6.07, 6.45) is 0. The van der Waals surface area contributed by atoms with Gasteiger partial charge in [0, 0.05) is 22.7 Å². The molecule has 0 spiro atoms. The summed E-state index contributed by atoms with van der Waals surface area (Å²) in [4.78, 5) is 4.29. The molecule has 0 aliphatic carbocycles. The number of rotatable bonds is 6. The van der Waals surface area contributed by atoms with Gasteiger partial charge in [0.2, 0.25) is 0 Å². The van der Waals surface area contributed by atoms with Crippen LogP contribution in [0, 0.1) is 5.82 Å². The Morgan fingerprint density at radius 3 is 2.65 bits per heavy atom. The van der Waals surface area contributed by atoms with Crippen molar-refractivity contribution in [3.8, 4) is 0 Å². The van der Waals surface area contributed by atoms with Gasteiger partial charge in [0.15, 0.2) is 5.96 Å². The van der Waals surface area contributed by atoms with E-state index in [1.54, 1.807) is 24.3 Å². The molecule has 0 bridgehead atoms. The molecule has 0 fully saturated rings. The van der Waals surface area contributed by atoms with Crippen LogP contribution in [0.15, 0.2) is 41.4 Å². The zero-order valence-electron chi connectivity index (χ0n) is 14.4. The minimum absolute atomic E-state index is 0. The van der Waals surface area contributed by atoms with Gasteiger partial charge in [-0.15, -0.1) is 24.0 Å². The molecule has 4 nitrogen and oxygen atoms in total. The highest BCUT2D eigenvalue weighted by Gasteiger charge is 2.11. The van der Waals surface area contributed by atoms with E-state index in [9.17, 15) is 4.39 Å². The Morgan fingerprint density at radius 2 is 2.00 bits per heavy atom. The molecule has 0 saturated carbocycles. The summed E-state index contributed by atoms with van der Waals surface area (Å²) >= 11 is 12.1. The lowest BCUT2D eigenvalue weighted by atomic mass is 10.1. The van der Waals surface area contributed by atoms with E-state index in [2.05, 4.69) is 10.3 Å². The molecule has 8 heteroatoms. The average molecular weight is 512 g/mol. The molecule has 0 aliphatic heterocycles. The largest absolute Gasteiger partial charge is 0.380 e. The second-order valence-electron chi connectivity index (χ2n) is 5.59. The molecule has 142 valence electrons. The number of guanidine groups is 1. The van der Waals surface area contributed by atoms with Gasteiger partial charge in [-0.1, -0.05) is 35.3 Å². The van der Waals surface area contributed by atoms with Crippen molar-refractivity contribution in [3.63, 3.8) is 0 Å². The smallest absolute Gasteiger partial charge is 0.189 e. The van der Waals surface area contributed by atoms with Gasteiger partial charge in [0.1, 0.15) is 5.82 Å². The predicted octanol–water partition coefficient (Wildman–Crippen LogP) is 5.06. The van der Waals surface area contributed by atoms with Gasteiger partial charge in [0.05, 0.1) is 19.2 Å². The van der Waals surface area contributed by atoms with Gasteiger partial charge < -0.3 is 15.8 Å². The Labute approximate surface area is 179 Å². The molecule has 0 radical (unpaired) electrons. The van der Waals surface area contributed by atoms with Crippen molar-refractivity contribution in [1.29, 1.82) is 0 Å². The van der Waals surface area contributed by atoms with Crippen LogP contribution in [0.2, 0.25) is 10.0 Å². The van der Waals surface area contributed by atoms with Crippen molar-refractivity contribution in [3.05, 3.63) is 69.0 Å². The Bertz CT molecular complexity index is 774. The minimum atomic E-state index is -0.299. The van der Waals surface area contributed by atoms with Gasteiger partial charge >= 0.3 is 0 Å². The molecule has 0 amide bonds. The number of aliphatic imine (C=N–C) groups is 1. The lowest BCUT2D eigenvalue weighted by molar-refractivity contribution is 0.181. The topological polar surface area (TPSA) is 59.6 Å². The number of nitrogens with one attached hydrogen (secondary N) is 1. The predicted molar refractivity (Wildman–Crippen MR) is 116 cm³/mol. The molecule has 2 aromatic rings. The summed E-state index contributed by atoms with van der Waals surface area (Å²) in [5.74, 6) is -0.0252. The second-order valence-corrected chi connectivity index (χ2v) is 6.44. The van der Waals surface area contributed by atoms with E-state index in [0.29, 0.717) is 22.2 Å². The highest BCUT2D eigenvalue weighted by molar-refractivity contribution is 14.0. The fraction of sp³-hybridized carbons (Fsp3) is 0.278. The van der Waals surface area contributed by atoms with Gasteiger partial charge in [-0.05, 0) is 42.3 Å². The zero-order valence-corrected chi connectivity index (χ0v) is 18.3. The van der Waals surface area contributed by atoms with E-state index in [-0.39, 0.29) is 48.4 Å². The number of nitrogens with zero attached hydrogens (tertiary/aromatic N) is 1. The van der Waals surface area contributed by atoms with E-state index in [1.165, 1.54) is 13.2 Å². The summed E-state index contributed by atoms with van der Waals surface area (Å²) in [6, 6.07) is 9.95. The van der Waals surface area contributed by atoms with Gasteiger partial charge in [-0.3, -0.25) is 0 Å². The van der Waals surface area contributed by atoms with Crippen LogP contribution in [0.3, 0.4) is 0 Å². The first kappa shape index (κ1) is 23.0. The molecular formula is C18H21Cl2FIN3O. The summed E-state index contributed by atoms with van der Waals surface area (Å²) in [6.45, 7) is 2.46. The molecule has 1 unspecified atom stereocenters. The van der Waals surface area contributed by atoms with Crippen molar-refractivity contribution in [2.75, 3.05) is 7.11 Å². The maximum atomic E-state index is 13.6. The second kappa shape index (κ2) is 10.9. The van der Waals surface area contributed by atoms with Gasteiger partial charge in [-0.25, -0.2) is 9.38 Å². The quantitative estimate of drug-likeness (QED) is 0.323. The number of ether oxygens (including phenoxy) is 1. The third kappa shape index (κ3) is 6.57. The van der Waals surface area contributed by atoms with Crippen LogP contribution in [0.4, 0.5) is 4.39 Å². The molecule has 2 rings (SSSR count). The fourth-order valence-electron chi connectivity index (χ4n) is 2.37. The van der Waals surface area contributed by atoms with Crippen LogP contribution >= 0.6 is 47.2 Å². The van der Waals surface area contributed by atoms with E-state index >= 15 is 0 Å². The van der Waals surface area contributed by atoms with E-state index < -0.39 is 0 Å². The first-order valence-electron chi connectivity index (χ1n) is 7.68. The Hall–Kier alpha value is -1.09. The summed E-state index contributed by atoms with van der Waals surface area (Å²) in [5.41, 5.74) is 8.14. The molecule has 3 N–H and O–H groups in total. The maximum Gasteiger partial charge on any atom is 0.189 e. The number of methoxy groups -OCH3 is 1. The Balaban J connectivity index is 0.00000338. The molecule has 0 heterocycles. The number of benzene rings is 2. The third-order valence-corrected chi connectivity index (χ3v) is 4.20. The first-order chi connectivity index (χ1) is 11.9. The van der Waals surface area contributed by atoms with Crippen molar-refractivity contribution < 1.29 is 9.13 Å². The lowest BCUT2D eigenvalue weighted by Gasteiger charge is -2.16. The molecule has 2 aromatic carbocycles. The number of hydrogen-bond acceptors (Lipinski definition) is 2. The summed E-state index contributed by atoms with van der Waals surface area (Å²) in [5, 5.41) is 4.21. The summed E-state index contributed by atoms with van der Waals surface area (Å²) in [7, 11) is 1.52. The molecule has 26 heavy (non-hydrogen) atoms. The Kier molecular flexibility index (Phi) is 9.63. The van der Waals surface area contributed by atoms with Crippen LogP contribution in [0.25, 0.3) is 0 Å². The molecule has 1 atom stereocenters. The van der Waals surface area contributed by atoms with Gasteiger partial charge in [0.25, 0.3) is 0 Å². The molecule has 0 saturated heterocycles. The molecule has 0 aromatic heterocycles. The minimum Gasteiger partial charge on any atom is -0.380 e. The number of hydrogen-bond donors (Lipinski definition) is 2. The van der Waals surface area contributed by atoms with Crippen LogP contribution in [-0.2, 0) is 17.9 Å². The van der Waals surface area contributed by atoms with Crippen molar-refractivity contribution in [1.82, 2.24) is 5.32 Å². The third-order valence-electron chi connectivity index (χ3n) is 3.64. The Morgan fingerprint density at radius 1 is 1.27 bits per heavy atom. The van der Waals surface area contributed by atoms with E-state index in [0.717, 1.165) is 11.1 Å². The van der Waals surface area contributed by atoms with Crippen LogP contribution in [0.5, 0.6) is 0 Å². The summed E-state index contributed by atoms with van der Waals surface area (Å²) < 4.78 is 18.6. The van der Waals surface area contributed by atoms with Crippen molar-refractivity contribution in [2.45, 2.75) is 26.1 Å². The monoisotopic (exact) mass is 511 g/mol. The highest BCUT2D eigenvalue weighted by Crippen LogP contribution is 2.25. The number of nitrogens with two attached hydrogens (primary N) is 1. The average Bonchev–Trinajstić information content (AvgIpc) is 2.55. The number of halogens is 4. The molecule has 0 aliphatic rings.